The Morgan fingerprint density at radius 1 is 1.33 bits per heavy atom. The van der Waals surface area contributed by atoms with Crippen molar-refractivity contribution in [1.82, 2.24) is 14.9 Å². The largest absolute Gasteiger partial charge is 0.480 e. The minimum absolute atomic E-state index is 0.0850. The molecule has 0 saturated heterocycles. The number of nitrogens with zero attached hydrogens (tertiary/aromatic N) is 2. The molecule has 1 unspecified atom stereocenters. The SMILES string of the molecule is C=CCCC(NC(=O)c1ccc2c(=O)n3c(nc2c1)CCCCC3)C(=O)O. The zero-order chi connectivity index (χ0) is 19.4. The van der Waals surface area contributed by atoms with Crippen LogP contribution in [0.25, 0.3) is 10.9 Å². The van der Waals surface area contributed by atoms with Gasteiger partial charge in [-0.15, -0.1) is 6.58 Å². The molecule has 27 heavy (non-hydrogen) atoms. The summed E-state index contributed by atoms with van der Waals surface area (Å²) in [6.45, 7) is 4.24. The molecular formula is C20H23N3O4. The zero-order valence-corrected chi connectivity index (χ0v) is 15.1. The van der Waals surface area contributed by atoms with E-state index in [4.69, 9.17) is 0 Å². The average Bonchev–Trinajstić information content (AvgIpc) is 2.90. The summed E-state index contributed by atoms with van der Waals surface area (Å²) in [5.74, 6) is -0.838. The Morgan fingerprint density at radius 2 is 2.15 bits per heavy atom. The maximum Gasteiger partial charge on any atom is 0.326 e. The van der Waals surface area contributed by atoms with E-state index in [-0.39, 0.29) is 17.5 Å². The number of carbonyl (C=O) groups excluding carboxylic acids is 1. The molecule has 1 aromatic heterocycles. The van der Waals surface area contributed by atoms with Gasteiger partial charge in [-0.3, -0.25) is 14.2 Å². The smallest absolute Gasteiger partial charge is 0.326 e. The van der Waals surface area contributed by atoms with Crippen molar-refractivity contribution in [1.29, 1.82) is 0 Å². The molecule has 1 amide bonds. The van der Waals surface area contributed by atoms with Crippen molar-refractivity contribution < 1.29 is 14.7 Å². The maximum atomic E-state index is 12.7. The zero-order valence-electron chi connectivity index (χ0n) is 15.1. The van der Waals surface area contributed by atoms with Crippen LogP contribution in [0.1, 0.15) is 48.3 Å². The van der Waals surface area contributed by atoms with Crippen LogP contribution in [0, 0.1) is 0 Å². The normalized spacial score (nSPS) is 14.8. The van der Waals surface area contributed by atoms with Crippen LogP contribution in [0.15, 0.2) is 35.6 Å². The van der Waals surface area contributed by atoms with Gasteiger partial charge in [-0.2, -0.15) is 0 Å². The molecule has 7 nitrogen and oxygen atoms in total. The van der Waals surface area contributed by atoms with Crippen LogP contribution in [-0.4, -0.2) is 32.6 Å². The van der Waals surface area contributed by atoms with Gasteiger partial charge < -0.3 is 10.4 Å². The first-order valence-corrected chi connectivity index (χ1v) is 9.19. The summed E-state index contributed by atoms with van der Waals surface area (Å²) in [7, 11) is 0. The number of carboxylic acids is 1. The molecule has 1 aliphatic rings. The van der Waals surface area contributed by atoms with Gasteiger partial charge in [0.25, 0.3) is 11.5 Å². The fraction of sp³-hybridized carbons (Fsp3) is 0.400. The Bertz CT molecular complexity index is 948. The molecule has 0 spiro atoms. The van der Waals surface area contributed by atoms with Crippen LogP contribution in [0.3, 0.4) is 0 Å². The van der Waals surface area contributed by atoms with Crippen LogP contribution in [0.2, 0.25) is 0 Å². The highest BCUT2D eigenvalue weighted by Crippen LogP contribution is 2.16. The first-order valence-electron chi connectivity index (χ1n) is 9.19. The lowest BCUT2D eigenvalue weighted by atomic mass is 10.1. The molecule has 7 heteroatoms. The molecule has 0 saturated carbocycles. The molecule has 2 aromatic rings. The van der Waals surface area contributed by atoms with Crippen LogP contribution in [-0.2, 0) is 17.8 Å². The van der Waals surface area contributed by atoms with Gasteiger partial charge in [0.2, 0.25) is 0 Å². The van der Waals surface area contributed by atoms with Crippen LogP contribution >= 0.6 is 0 Å². The highest BCUT2D eigenvalue weighted by molar-refractivity contribution is 5.99. The van der Waals surface area contributed by atoms with E-state index in [1.807, 2.05) is 0 Å². The van der Waals surface area contributed by atoms with Crippen LogP contribution in [0.4, 0.5) is 0 Å². The summed E-state index contributed by atoms with van der Waals surface area (Å²) in [6.07, 6.45) is 6.12. The molecule has 142 valence electrons. The molecule has 1 aliphatic heterocycles. The minimum Gasteiger partial charge on any atom is -0.480 e. The number of hydrogen-bond donors (Lipinski definition) is 2. The standard InChI is InChI=1S/C20H23N3O4/c1-2-3-7-15(20(26)27)22-18(24)13-9-10-14-16(12-13)21-17-8-5-4-6-11-23(17)19(14)25/h2,9-10,12,15H,1,3-8,11H2,(H,22,24)(H,26,27). The van der Waals surface area contributed by atoms with Gasteiger partial charge >= 0.3 is 5.97 Å². The lowest BCUT2D eigenvalue weighted by Gasteiger charge is -2.14. The lowest BCUT2D eigenvalue weighted by molar-refractivity contribution is -0.139. The van der Waals surface area contributed by atoms with E-state index in [1.165, 1.54) is 6.07 Å². The molecule has 2 heterocycles. The molecule has 1 aromatic carbocycles. The number of nitrogens with one attached hydrogen (secondary N) is 1. The second-order valence-corrected chi connectivity index (χ2v) is 6.76. The Balaban J connectivity index is 1.91. The minimum atomic E-state index is -1.09. The number of allylic oxidation sites excluding steroid dienone is 1. The summed E-state index contributed by atoms with van der Waals surface area (Å²) >= 11 is 0. The summed E-state index contributed by atoms with van der Waals surface area (Å²) in [5.41, 5.74) is 0.676. The second-order valence-electron chi connectivity index (χ2n) is 6.76. The summed E-state index contributed by atoms with van der Waals surface area (Å²) in [6, 6.07) is 3.70. The molecule has 1 atom stereocenters. The number of hydrogen-bond acceptors (Lipinski definition) is 4. The van der Waals surface area contributed by atoms with E-state index >= 15 is 0 Å². The Hall–Kier alpha value is -2.96. The molecule has 3 rings (SSSR count). The topological polar surface area (TPSA) is 101 Å². The molecule has 0 fully saturated rings. The number of carbonyl (C=O) groups is 2. The van der Waals surface area contributed by atoms with Crippen molar-refractivity contribution in [3.05, 3.63) is 52.6 Å². The van der Waals surface area contributed by atoms with Gasteiger partial charge in [-0.1, -0.05) is 12.5 Å². The van der Waals surface area contributed by atoms with E-state index in [1.54, 1.807) is 22.8 Å². The first-order chi connectivity index (χ1) is 13.0. The summed E-state index contributed by atoms with van der Waals surface area (Å²) in [5, 5.41) is 12.3. The lowest BCUT2D eigenvalue weighted by Crippen LogP contribution is -2.40. The number of rotatable bonds is 6. The molecule has 0 aliphatic carbocycles. The van der Waals surface area contributed by atoms with Gasteiger partial charge in [0.1, 0.15) is 11.9 Å². The van der Waals surface area contributed by atoms with Crippen molar-refractivity contribution in [3.8, 4) is 0 Å². The van der Waals surface area contributed by atoms with Crippen molar-refractivity contribution >= 4 is 22.8 Å². The van der Waals surface area contributed by atoms with Crippen LogP contribution in [0.5, 0.6) is 0 Å². The average molecular weight is 369 g/mol. The summed E-state index contributed by atoms with van der Waals surface area (Å²) in [4.78, 5) is 41.1. The van der Waals surface area contributed by atoms with E-state index in [2.05, 4.69) is 16.9 Å². The summed E-state index contributed by atoms with van der Waals surface area (Å²) < 4.78 is 1.73. The predicted octanol–water partition coefficient (Wildman–Crippen LogP) is 2.27. The highest BCUT2D eigenvalue weighted by Gasteiger charge is 2.21. The third-order valence-electron chi connectivity index (χ3n) is 4.84. The number of amides is 1. The van der Waals surface area contributed by atoms with E-state index < -0.39 is 17.9 Å². The predicted molar refractivity (Wildman–Crippen MR) is 102 cm³/mol. The highest BCUT2D eigenvalue weighted by atomic mass is 16.4. The monoisotopic (exact) mass is 369 g/mol. The van der Waals surface area contributed by atoms with Gasteiger partial charge in [-0.05, 0) is 43.9 Å². The molecule has 0 bridgehead atoms. The van der Waals surface area contributed by atoms with Crippen molar-refractivity contribution in [2.45, 2.75) is 51.1 Å². The van der Waals surface area contributed by atoms with Gasteiger partial charge in [0, 0.05) is 18.5 Å². The quantitative estimate of drug-likeness (QED) is 0.761. The second kappa shape index (κ2) is 8.16. The first kappa shape index (κ1) is 18.8. The van der Waals surface area contributed by atoms with Gasteiger partial charge in [-0.25, -0.2) is 9.78 Å². The van der Waals surface area contributed by atoms with Crippen LogP contribution < -0.4 is 10.9 Å². The number of aromatic nitrogens is 2. The molecule has 0 radical (unpaired) electrons. The Morgan fingerprint density at radius 3 is 2.89 bits per heavy atom. The van der Waals surface area contributed by atoms with E-state index in [9.17, 15) is 19.5 Å². The van der Waals surface area contributed by atoms with E-state index in [0.717, 1.165) is 31.5 Å². The molecular weight excluding hydrogens is 346 g/mol. The third-order valence-corrected chi connectivity index (χ3v) is 4.84. The number of fused-ring (bicyclic) bond motifs is 2. The maximum absolute atomic E-state index is 12.7. The number of benzene rings is 1. The third kappa shape index (κ3) is 4.07. The molecule has 2 N–H and O–H groups in total. The fourth-order valence-electron chi connectivity index (χ4n) is 3.34. The Kier molecular flexibility index (Phi) is 5.69. The van der Waals surface area contributed by atoms with E-state index in [0.29, 0.717) is 23.9 Å². The number of carboxylic acid groups (broad SMARTS) is 1. The van der Waals surface area contributed by atoms with Crippen molar-refractivity contribution in [2.24, 2.45) is 0 Å². The van der Waals surface area contributed by atoms with Crippen molar-refractivity contribution in [3.63, 3.8) is 0 Å². The number of aryl methyl sites for hydroxylation is 1. The van der Waals surface area contributed by atoms with Crippen molar-refractivity contribution in [2.75, 3.05) is 0 Å². The van der Waals surface area contributed by atoms with Gasteiger partial charge in [0.05, 0.1) is 10.9 Å². The van der Waals surface area contributed by atoms with Gasteiger partial charge in [0.15, 0.2) is 0 Å². The fourth-order valence-corrected chi connectivity index (χ4v) is 3.34. The Labute approximate surface area is 156 Å². The number of aliphatic carboxylic acids is 1.